The molecule has 1 saturated carbocycles. The lowest BCUT2D eigenvalue weighted by atomic mass is 9.86. The number of aromatic nitrogens is 3. The Balaban J connectivity index is 1.64. The summed E-state index contributed by atoms with van der Waals surface area (Å²) >= 11 is 0. The smallest absolute Gasteiger partial charge is 0.410 e. The second-order valence-corrected chi connectivity index (χ2v) is 11.0. The number of amides is 2. The number of ether oxygens (including phenoxy) is 1. The van der Waals surface area contributed by atoms with Crippen LogP contribution in [-0.2, 0) is 9.53 Å². The summed E-state index contributed by atoms with van der Waals surface area (Å²) in [6.45, 7) is 9.84. The average Bonchev–Trinajstić information content (AvgIpc) is 2.91. The van der Waals surface area contributed by atoms with Crippen molar-refractivity contribution in [1.82, 2.24) is 25.2 Å². The number of nitrogens with one attached hydrogen (secondary N) is 3. The molecule has 1 unspecified atom stereocenters. The molecule has 10 nitrogen and oxygen atoms in total. The van der Waals surface area contributed by atoms with Crippen LogP contribution < -0.4 is 16.0 Å². The third-order valence-electron chi connectivity index (χ3n) is 6.39. The molecule has 1 fully saturated rings. The van der Waals surface area contributed by atoms with Gasteiger partial charge in [-0.25, -0.2) is 14.8 Å². The number of rotatable bonds is 8. The van der Waals surface area contributed by atoms with Gasteiger partial charge < -0.3 is 20.7 Å². The van der Waals surface area contributed by atoms with Gasteiger partial charge in [0.2, 0.25) is 17.8 Å². The largest absolute Gasteiger partial charge is 0.444 e. The summed E-state index contributed by atoms with van der Waals surface area (Å²) in [5.74, 6) is 6.87. The van der Waals surface area contributed by atoms with Gasteiger partial charge in [-0.15, -0.1) is 0 Å². The normalized spacial score (nSPS) is 17.6. The van der Waals surface area contributed by atoms with Gasteiger partial charge >= 0.3 is 6.09 Å². The molecule has 0 radical (unpaired) electrons. The minimum Gasteiger partial charge on any atom is -0.444 e. The average molecular weight is 554 g/mol. The second kappa shape index (κ2) is 13.9. The number of nitrogens with zero attached hydrogens (tertiary/aromatic N) is 4. The van der Waals surface area contributed by atoms with Gasteiger partial charge in [0.15, 0.2) is 0 Å². The van der Waals surface area contributed by atoms with E-state index < -0.39 is 23.7 Å². The van der Waals surface area contributed by atoms with E-state index in [-0.39, 0.29) is 17.9 Å². The van der Waals surface area contributed by atoms with Gasteiger partial charge in [0.1, 0.15) is 17.5 Å². The third kappa shape index (κ3) is 9.36. The van der Waals surface area contributed by atoms with E-state index in [1.165, 1.54) is 17.2 Å². The highest BCUT2D eigenvalue weighted by molar-refractivity contribution is 5.85. The first-order valence-corrected chi connectivity index (χ1v) is 13.7. The Hall–Kier alpha value is -3.94. The molecule has 2 aromatic rings. The van der Waals surface area contributed by atoms with Crippen LogP contribution in [0.3, 0.4) is 0 Å². The molecule has 1 aliphatic rings. The molecule has 3 N–H and O–H groups in total. The van der Waals surface area contributed by atoms with Crippen LogP contribution in [0.5, 0.6) is 0 Å². The fourth-order valence-corrected chi connectivity index (χ4v) is 4.11. The monoisotopic (exact) mass is 553 g/mol. The molecule has 0 aliphatic heterocycles. The lowest BCUT2D eigenvalue weighted by Gasteiger charge is -2.31. The van der Waals surface area contributed by atoms with E-state index in [0.29, 0.717) is 23.0 Å². The fourth-order valence-electron chi connectivity index (χ4n) is 4.11. The lowest BCUT2D eigenvalue weighted by molar-refractivity contribution is -0.126. The van der Waals surface area contributed by atoms with Crippen molar-refractivity contribution in [2.75, 3.05) is 24.2 Å². The van der Waals surface area contributed by atoms with Gasteiger partial charge in [-0.3, -0.25) is 9.69 Å². The van der Waals surface area contributed by atoms with E-state index in [1.54, 1.807) is 47.0 Å². The zero-order valence-electron chi connectivity index (χ0n) is 24.2. The van der Waals surface area contributed by atoms with E-state index in [0.717, 1.165) is 38.6 Å². The number of carbonyl (C=O) groups excluding carboxylic acids is 2. The summed E-state index contributed by atoms with van der Waals surface area (Å²) < 4.78 is 18.5. The predicted molar refractivity (Wildman–Crippen MR) is 153 cm³/mol. The number of hydrogen-bond donors (Lipinski definition) is 3. The predicted octanol–water partition coefficient (Wildman–Crippen LogP) is 4.86. The maximum Gasteiger partial charge on any atom is 0.410 e. The zero-order valence-corrected chi connectivity index (χ0v) is 24.2. The molecule has 0 spiro atoms. The van der Waals surface area contributed by atoms with Crippen molar-refractivity contribution in [3.63, 3.8) is 0 Å². The third-order valence-corrected chi connectivity index (χ3v) is 6.39. The van der Waals surface area contributed by atoms with Crippen LogP contribution in [-0.4, -0.2) is 63.1 Å². The van der Waals surface area contributed by atoms with Crippen LogP contribution in [0, 0.1) is 23.7 Å². The first-order valence-electron chi connectivity index (χ1n) is 13.7. The van der Waals surface area contributed by atoms with Gasteiger partial charge in [-0.05, 0) is 65.5 Å². The van der Waals surface area contributed by atoms with Crippen LogP contribution in [0.25, 0.3) is 0 Å². The number of likely N-dealkylation sites (N-methyl/N-ethyl adjacent to an activating group) is 1. The second-order valence-electron chi connectivity index (χ2n) is 11.0. The molecular formula is C29H40FN7O3. The maximum absolute atomic E-state index is 13.1. The highest BCUT2D eigenvalue weighted by atomic mass is 19.1. The van der Waals surface area contributed by atoms with E-state index >= 15 is 0 Å². The molecular weight excluding hydrogens is 513 g/mol. The highest BCUT2D eigenvalue weighted by Crippen LogP contribution is 2.25. The number of pyridine rings is 1. The van der Waals surface area contributed by atoms with E-state index in [4.69, 9.17) is 4.74 Å². The van der Waals surface area contributed by atoms with Crippen LogP contribution in [0.1, 0.15) is 72.3 Å². The van der Waals surface area contributed by atoms with Crippen molar-refractivity contribution in [1.29, 1.82) is 0 Å². The molecule has 0 saturated heterocycles. The van der Waals surface area contributed by atoms with Crippen molar-refractivity contribution in [3.05, 3.63) is 36.0 Å². The van der Waals surface area contributed by atoms with Crippen molar-refractivity contribution in [3.8, 4) is 11.8 Å². The van der Waals surface area contributed by atoms with Crippen LogP contribution in [0.15, 0.2) is 24.5 Å². The maximum atomic E-state index is 13.1. The first-order chi connectivity index (χ1) is 18.9. The van der Waals surface area contributed by atoms with Crippen molar-refractivity contribution in [2.24, 2.45) is 5.92 Å². The van der Waals surface area contributed by atoms with Crippen LogP contribution >= 0.6 is 0 Å². The van der Waals surface area contributed by atoms with Gasteiger partial charge in [0, 0.05) is 25.6 Å². The number of anilines is 3. The summed E-state index contributed by atoms with van der Waals surface area (Å²) in [6, 6.07) is 2.13. The molecule has 40 heavy (non-hydrogen) atoms. The molecule has 0 bridgehead atoms. The molecule has 2 heterocycles. The van der Waals surface area contributed by atoms with Crippen molar-refractivity contribution < 1.29 is 18.7 Å². The standard InChI is InChI=1S/C29H40FN7O3/c1-7-15-31-25-21(17-33-27(36-25)35-23-13-14-24(30)32-18-23)12-11-20-9-8-10-22(16-20)34-26(38)19(2)37(6)28(39)40-29(3,4)5/h13-14,17-20,22H,7-10,15-16H2,1-6H3,(H,34,38)(H2,31,33,35,36)/t19-,20?,22-/m0/s1. The van der Waals surface area contributed by atoms with Crippen molar-refractivity contribution >= 4 is 29.5 Å². The number of halogens is 1. The molecule has 3 rings (SSSR count). The van der Waals surface area contributed by atoms with Gasteiger partial charge in [0.05, 0.1) is 23.6 Å². The topological polar surface area (TPSA) is 121 Å². The van der Waals surface area contributed by atoms with Gasteiger partial charge in [-0.1, -0.05) is 25.2 Å². The molecule has 11 heteroatoms. The summed E-state index contributed by atoms with van der Waals surface area (Å²) in [5, 5.41) is 9.41. The fraction of sp³-hybridized carbons (Fsp3) is 0.552. The zero-order chi connectivity index (χ0) is 29.3. The number of carbonyl (C=O) groups is 2. The summed E-state index contributed by atoms with van der Waals surface area (Å²) in [6.07, 6.45) is 6.86. The first kappa shape index (κ1) is 30.6. The Morgan fingerprint density at radius 3 is 2.67 bits per heavy atom. The van der Waals surface area contributed by atoms with Crippen molar-refractivity contribution in [2.45, 2.75) is 84.4 Å². The highest BCUT2D eigenvalue weighted by Gasteiger charge is 2.29. The van der Waals surface area contributed by atoms with E-state index in [1.807, 2.05) is 0 Å². The van der Waals surface area contributed by atoms with Gasteiger partial charge in [0.25, 0.3) is 0 Å². The molecule has 2 amide bonds. The molecule has 216 valence electrons. The SMILES string of the molecule is CCCNc1nc(Nc2ccc(F)nc2)ncc1C#CC1CCC[C@H](NC(=O)[C@H](C)N(C)C(=O)OC(C)(C)C)C1. The summed E-state index contributed by atoms with van der Waals surface area (Å²) in [4.78, 5) is 39.1. The van der Waals surface area contributed by atoms with E-state index in [2.05, 4.69) is 49.7 Å². The summed E-state index contributed by atoms with van der Waals surface area (Å²) in [7, 11) is 1.57. The summed E-state index contributed by atoms with van der Waals surface area (Å²) in [5.41, 5.74) is 0.614. The molecule has 2 aromatic heterocycles. The minimum absolute atomic E-state index is 0.0279. The minimum atomic E-state index is -0.663. The Bertz CT molecular complexity index is 1220. The Labute approximate surface area is 235 Å². The lowest BCUT2D eigenvalue weighted by Crippen LogP contribution is -2.50. The van der Waals surface area contributed by atoms with Crippen LogP contribution in [0.4, 0.5) is 26.6 Å². The molecule has 3 atom stereocenters. The van der Waals surface area contributed by atoms with E-state index in [9.17, 15) is 14.0 Å². The Morgan fingerprint density at radius 1 is 1.23 bits per heavy atom. The Morgan fingerprint density at radius 2 is 2.00 bits per heavy atom. The van der Waals surface area contributed by atoms with Gasteiger partial charge in [-0.2, -0.15) is 9.37 Å². The molecule has 1 aliphatic carbocycles. The Kier molecular flexibility index (Phi) is 10.6. The molecule has 0 aromatic carbocycles. The number of hydrogen-bond acceptors (Lipinski definition) is 8. The quantitative estimate of drug-likeness (QED) is 0.313. The van der Waals surface area contributed by atoms with Crippen LogP contribution in [0.2, 0.25) is 0 Å².